The van der Waals surface area contributed by atoms with Crippen molar-refractivity contribution in [1.29, 1.82) is 0 Å². The van der Waals surface area contributed by atoms with Crippen LogP contribution in [0.1, 0.15) is 17.3 Å². The summed E-state index contributed by atoms with van der Waals surface area (Å²) in [5.41, 5.74) is 16.8. The minimum atomic E-state index is -0.362. The Kier molecular flexibility index (Phi) is 9.26. The van der Waals surface area contributed by atoms with E-state index in [1.54, 1.807) is 0 Å². The molecule has 1 aliphatic rings. The molecular formula is C69H45N7. The molecule has 1 atom stereocenters. The standard InChI is InChI=1S/C69H45N7/c1-6-20-44(21-7-1)67-70-68(45-22-8-2-9-23-45)72-69(71-67)76-62-39-35-47(41-56(62)58-43-63-57(42-64(58)76)52-31-17-18-32-59(52)73(63)48-24-10-3-11-25-48)46-34-38-61-55(40-46)54-37-36-53-51-30-16-19-33-60(51)74(49-26-12-4-13-27-49)65(53)66(54)75(61)50-28-14-5-15-29-50/h1-43,67H,(H,70,71,72). The highest BCUT2D eigenvalue weighted by molar-refractivity contribution is 6.25. The first-order chi connectivity index (χ1) is 37.7. The van der Waals surface area contributed by atoms with Crippen molar-refractivity contribution in [2.45, 2.75) is 6.17 Å². The summed E-state index contributed by atoms with van der Waals surface area (Å²) in [4.78, 5) is 10.9. The van der Waals surface area contributed by atoms with Crippen LogP contribution in [0.3, 0.4) is 0 Å². The normalized spacial score (nSPS) is 13.9. The summed E-state index contributed by atoms with van der Waals surface area (Å²) in [6.07, 6.45) is -0.362. The first kappa shape index (κ1) is 42.3. The smallest absolute Gasteiger partial charge is 0.234 e. The van der Waals surface area contributed by atoms with Crippen LogP contribution in [0.15, 0.2) is 271 Å². The quantitative estimate of drug-likeness (QED) is 0.177. The predicted octanol–water partition coefficient (Wildman–Crippen LogP) is 16.7. The van der Waals surface area contributed by atoms with Gasteiger partial charge in [-0.3, -0.25) is 4.57 Å². The first-order valence-electron chi connectivity index (χ1n) is 25.9. The number of nitrogens with one attached hydrogen (secondary N) is 1. The monoisotopic (exact) mass is 971 g/mol. The number of hydrogen-bond acceptors (Lipinski definition) is 3. The maximum atomic E-state index is 5.47. The Labute approximate surface area is 436 Å². The molecule has 15 aromatic rings. The van der Waals surface area contributed by atoms with Gasteiger partial charge in [0.05, 0.1) is 44.1 Å². The van der Waals surface area contributed by atoms with Gasteiger partial charge in [-0.1, -0.05) is 176 Å². The summed E-state index contributed by atoms with van der Waals surface area (Å²) in [6, 6.07) is 94.1. The van der Waals surface area contributed by atoms with E-state index in [0.29, 0.717) is 5.96 Å². The van der Waals surface area contributed by atoms with Crippen LogP contribution in [-0.2, 0) is 0 Å². The summed E-state index contributed by atoms with van der Waals surface area (Å²) in [7, 11) is 0. The van der Waals surface area contributed by atoms with Crippen LogP contribution < -0.4 is 5.32 Å². The first-order valence-corrected chi connectivity index (χ1v) is 25.9. The van der Waals surface area contributed by atoms with Gasteiger partial charge in [-0.05, 0) is 102 Å². The fourth-order valence-electron chi connectivity index (χ4n) is 12.2. The molecule has 0 fully saturated rings. The lowest BCUT2D eigenvalue weighted by Gasteiger charge is -2.24. The van der Waals surface area contributed by atoms with Gasteiger partial charge >= 0.3 is 0 Å². The highest BCUT2D eigenvalue weighted by Crippen LogP contribution is 2.44. The van der Waals surface area contributed by atoms with Crippen LogP contribution in [0, 0.1) is 0 Å². The Morgan fingerprint density at radius 3 is 1.29 bits per heavy atom. The van der Waals surface area contributed by atoms with E-state index in [9.17, 15) is 0 Å². The lowest BCUT2D eigenvalue weighted by Crippen LogP contribution is -2.35. The largest absolute Gasteiger partial charge is 0.344 e. The molecule has 0 spiro atoms. The minimum absolute atomic E-state index is 0.362. The Balaban J connectivity index is 0.970. The average molecular weight is 972 g/mol. The Morgan fingerprint density at radius 2 is 0.697 bits per heavy atom. The second-order valence-corrected chi connectivity index (χ2v) is 19.8. The van der Waals surface area contributed by atoms with Gasteiger partial charge in [0, 0.05) is 65.7 Å². The van der Waals surface area contributed by atoms with Crippen molar-refractivity contribution >= 4 is 99.0 Å². The van der Waals surface area contributed by atoms with Crippen molar-refractivity contribution in [2.75, 3.05) is 0 Å². The summed E-state index contributed by atoms with van der Waals surface area (Å²) in [5, 5.41) is 13.1. The highest BCUT2D eigenvalue weighted by Gasteiger charge is 2.27. The van der Waals surface area contributed by atoms with Gasteiger partial charge in [0.15, 0.2) is 0 Å². The molecule has 76 heavy (non-hydrogen) atoms. The zero-order valence-corrected chi connectivity index (χ0v) is 41.1. The van der Waals surface area contributed by atoms with E-state index in [0.717, 1.165) is 83.5 Å². The van der Waals surface area contributed by atoms with Crippen LogP contribution in [0.2, 0.25) is 0 Å². The lowest BCUT2D eigenvalue weighted by atomic mass is 10.00. The second-order valence-electron chi connectivity index (χ2n) is 19.8. The third kappa shape index (κ3) is 6.36. The van der Waals surface area contributed by atoms with Crippen molar-refractivity contribution in [2.24, 2.45) is 9.98 Å². The summed E-state index contributed by atoms with van der Waals surface area (Å²) >= 11 is 0. The van der Waals surface area contributed by atoms with Gasteiger partial charge in [-0.15, -0.1) is 0 Å². The topological polar surface area (TPSA) is 56.5 Å². The SMILES string of the molecule is c1ccc(C2=NC(n3c4ccc(-c5ccc6c(c5)c5ccc7c8ccccc8n(-c8ccccc8)c7c5n6-c5ccccc5)cc4c4cc5c(cc43)c3ccccc3n5-c3ccccc3)=NC(c3ccccc3)N2)cc1. The third-order valence-corrected chi connectivity index (χ3v) is 15.6. The van der Waals surface area contributed by atoms with Crippen LogP contribution in [0.5, 0.6) is 0 Å². The molecule has 0 bridgehead atoms. The number of rotatable bonds is 6. The van der Waals surface area contributed by atoms with Crippen LogP contribution >= 0.6 is 0 Å². The van der Waals surface area contributed by atoms with Gasteiger partial charge < -0.3 is 19.0 Å². The summed E-state index contributed by atoms with van der Waals surface area (Å²) in [6.45, 7) is 0. The van der Waals surface area contributed by atoms with Gasteiger partial charge in [-0.25, -0.2) is 4.99 Å². The predicted molar refractivity (Wildman–Crippen MR) is 316 cm³/mol. The minimum Gasteiger partial charge on any atom is -0.344 e. The third-order valence-electron chi connectivity index (χ3n) is 15.6. The number of fused-ring (bicyclic) bond motifs is 13. The maximum absolute atomic E-state index is 5.47. The maximum Gasteiger partial charge on any atom is 0.234 e. The fourth-order valence-corrected chi connectivity index (χ4v) is 12.2. The number of benzene rings is 11. The van der Waals surface area contributed by atoms with Gasteiger partial charge in [-0.2, -0.15) is 4.99 Å². The molecule has 16 rings (SSSR count). The summed E-state index contributed by atoms with van der Waals surface area (Å²) < 4.78 is 9.61. The van der Waals surface area contributed by atoms with Gasteiger partial charge in [0.25, 0.3) is 0 Å². The molecule has 7 heteroatoms. The molecule has 11 aromatic carbocycles. The van der Waals surface area contributed by atoms with Crippen LogP contribution in [0.4, 0.5) is 0 Å². The van der Waals surface area contributed by atoms with Crippen molar-refractivity contribution in [3.63, 3.8) is 0 Å². The summed E-state index contributed by atoms with van der Waals surface area (Å²) in [5.74, 6) is 1.40. The average Bonchev–Trinajstić information content (AvgIpc) is 4.40. The fraction of sp³-hybridized carbons (Fsp3) is 0.0145. The van der Waals surface area contributed by atoms with Crippen molar-refractivity contribution in [1.82, 2.24) is 23.6 Å². The number of nitrogens with zero attached hydrogens (tertiary/aromatic N) is 6. The molecule has 356 valence electrons. The zero-order chi connectivity index (χ0) is 49.8. The Hall–Kier alpha value is -10.2. The van der Waals surface area contributed by atoms with E-state index >= 15 is 0 Å². The molecule has 0 saturated carbocycles. The molecule has 0 radical (unpaired) electrons. The molecule has 0 aliphatic carbocycles. The number of aromatic nitrogens is 4. The molecule has 4 aromatic heterocycles. The molecular weight excluding hydrogens is 927 g/mol. The number of aliphatic imine (C=N–C) groups is 2. The van der Waals surface area contributed by atoms with E-state index in [1.165, 1.54) is 48.9 Å². The second kappa shape index (κ2) is 16.6. The van der Waals surface area contributed by atoms with E-state index < -0.39 is 0 Å². The van der Waals surface area contributed by atoms with Crippen LogP contribution in [0.25, 0.3) is 115 Å². The van der Waals surface area contributed by atoms with Crippen molar-refractivity contribution in [3.05, 3.63) is 272 Å². The van der Waals surface area contributed by atoms with Gasteiger partial charge in [0.1, 0.15) is 12.0 Å². The Morgan fingerprint density at radius 1 is 0.289 bits per heavy atom. The lowest BCUT2D eigenvalue weighted by molar-refractivity contribution is 0.668. The molecule has 7 nitrogen and oxygen atoms in total. The molecule has 0 saturated heterocycles. The molecule has 1 unspecified atom stereocenters. The molecule has 0 amide bonds. The van der Waals surface area contributed by atoms with Crippen molar-refractivity contribution in [3.8, 4) is 28.2 Å². The zero-order valence-electron chi connectivity index (χ0n) is 41.1. The highest BCUT2D eigenvalue weighted by atomic mass is 15.3. The van der Waals surface area contributed by atoms with Gasteiger partial charge in [0.2, 0.25) is 5.96 Å². The van der Waals surface area contributed by atoms with E-state index in [1.807, 2.05) is 12.1 Å². The molecule has 1 aliphatic heterocycles. The number of amidine groups is 1. The van der Waals surface area contributed by atoms with E-state index in [4.69, 9.17) is 9.98 Å². The number of para-hydroxylation sites is 5. The van der Waals surface area contributed by atoms with E-state index in [-0.39, 0.29) is 6.17 Å². The molecule has 1 N–H and O–H groups in total. The number of hydrogen-bond donors (Lipinski definition) is 1. The van der Waals surface area contributed by atoms with Crippen molar-refractivity contribution < 1.29 is 0 Å². The Bertz CT molecular complexity index is 4870. The molecule has 5 heterocycles. The van der Waals surface area contributed by atoms with Crippen LogP contribution in [-0.4, -0.2) is 30.1 Å². The van der Waals surface area contributed by atoms with E-state index in [2.05, 4.69) is 272 Å².